The van der Waals surface area contributed by atoms with E-state index in [4.69, 9.17) is 11.6 Å². The minimum atomic E-state index is 0.0291. The van der Waals surface area contributed by atoms with Gasteiger partial charge >= 0.3 is 0 Å². The van der Waals surface area contributed by atoms with E-state index in [2.05, 4.69) is 0 Å². The summed E-state index contributed by atoms with van der Waals surface area (Å²) in [6, 6.07) is 13.1. The lowest BCUT2D eigenvalue weighted by molar-refractivity contribution is 1.59. The second-order valence-corrected chi connectivity index (χ2v) is 5.03. The maximum atomic E-state index is 11.7. The van der Waals surface area contributed by atoms with Crippen molar-refractivity contribution in [1.82, 2.24) is 0 Å². The largest absolute Gasteiger partial charge is 0.289 e. The van der Waals surface area contributed by atoms with Gasteiger partial charge in [-0.2, -0.15) is 0 Å². The molecule has 0 spiro atoms. The molecule has 3 rings (SSSR count). The first-order valence-corrected chi connectivity index (χ1v) is 6.06. The molecule has 0 saturated carbocycles. The Balaban J connectivity index is 2.56. The molecule has 1 aromatic carbocycles. The Labute approximate surface area is 101 Å². The van der Waals surface area contributed by atoms with Crippen LogP contribution in [-0.4, -0.2) is 0 Å². The van der Waals surface area contributed by atoms with Crippen LogP contribution in [0.5, 0.6) is 0 Å². The van der Waals surface area contributed by atoms with Crippen LogP contribution < -0.4 is 5.43 Å². The van der Waals surface area contributed by atoms with Crippen LogP contribution in [0, 0.1) is 0 Å². The second-order valence-electron chi connectivity index (χ2n) is 3.57. The lowest BCUT2D eigenvalue weighted by Gasteiger charge is -2.07. The lowest BCUT2D eigenvalue weighted by Crippen LogP contribution is -2.02. The minimum absolute atomic E-state index is 0.0291. The van der Waals surface area contributed by atoms with E-state index < -0.39 is 0 Å². The van der Waals surface area contributed by atoms with Crippen LogP contribution >= 0.6 is 22.9 Å². The highest BCUT2D eigenvalue weighted by Crippen LogP contribution is 2.35. The smallest absolute Gasteiger partial charge is 0.187 e. The molecule has 0 unspecified atom stereocenters. The molecule has 0 atom stereocenters. The predicted octanol–water partition coefficient (Wildman–Crippen LogP) is 4.02. The summed E-state index contributed by atoms with van der Waals surface area (Å²) in [7, 11) is 0. The molecule has 2 aliphatic rings. The summed E-state index contributed by atoms with van der Waals surface area (Å²) in [6.07, 6.45) is 0. The molecule has 0 saturated heterocycles. The molecule has 0 fully saturated rings. The van der Waals surface area contributed by atoms with Crippen molar-refractivity contribution in [2.45, 2.75) is 0 Å². The first kappa shape index (κ1) is 9.82. The zero-order valence-corrected chi connectivity index (χ0v) is 9.81. The topological polar surface area (TPSA) is 17.1 Å². The normalized spacial score (nSPS) is 11.1. The number of hydrogen-bond donors (Lipinski definition) is 0. The molecule has 0 bridgehead atoms. The fourth-order valence-electron chi connectivity index (χ4n) is 1.75. The zero-order valence-electron chi connectivity index (χ0n) is 8.24. The first-order chi connectivity index (χ1) is 7.75. The van der Waals surface area contributed by atoms with E-state index in [1.54, 1.807) is 17.4 Å². The highest BCUT2D eigenvalue weighted by molar-refractivity contribution is 7.22. The van der Waals surface area contributed by atoms with Crippen molar-refractivity contribution in [3.8, 4) is 10.4 Å². The molecule has 1 aromatic rings. The summed E-state index contributed by atoms with van der Waals surface area (Å²) in [5.41, 5.74) is 0.734. The molecule has 78 valence electrons. The van der Waals surface area contributed by atoms with Crippen LogP contribution in [0.1, 0.15) is 0 Å². The first-order valence-electron chi connectivity index (χ1n) is 4.87. The van der Waals surface area contributed by atoms with Crippen molar-refractivity contribution in [3.63, 3.8) is 0 Å². The molecule has 3 heteroatoms. The highest BCUT2D eigenvalue weighted by atomic mass is 35.5. The molecule has 0 aromatic heterocycles. The predicted molar refractivity (Wildman–Crippen MR) is 69.7 cm³/mol. The van der Waals surface area contributed by atoms with Crippen LogP contribution in [-0.2, 0) is 0 Å². The van der Waals surface area contributed by atoms with Gasteiger partial charge in [-0.1, -0.05) is 29.8 Å². The van der Waals surface area contributed by atoms with Crippen molar-refractivity contribution in [3.05, 3.63) is 57.7 Å². The van der Waals surface area contributed by atoms with Gasteiger partial charge in [-0.25, -0.2) is 0 Å². The van der Waals surface area contributed by atoms with Crippen molar-refractivity contribution < 1.29 is 0 Å². The van der Waals surface area contributed by atoms with Crippen LogP contribution in [0.15, 0.2) is 47.3 Å². The van der Waals surface area contributed by atoms with Gasteiger partial charge in [0.25, 0.3) is 0 Å². The third-order valence-corrected chi connectivity index (χ3v) is 4.20. The molecule has 0 amide bonds. The molecule has 1 aliphatic heterocycles. The molecule has 1 aliphatic carbocycles. The van der Waals surface area contributed by atoms with E-state index in [0.717, 1.165) is 15.0 Å². The second kappa shape index (κ2) is 3.58. The van der Waals surface area contributed by atoms with Gasteiger partial charge in [-0.05, 0) is 29.7 Å². The third-order valence-electron chi connectivity index (χ3n) is 2.54. The van der Waals surface area contributed by atoms with Crippen LogP contribution in [0.3, 0.4) is 0 Å². The van der Waals surface area contributed by atoms with E-state index in [-0.39, 0.29) is 5.43 Å². The van der Waals surface area contributed by atoms with Crippen molar-refractivity contribution in [1.29, 1.82) is 0 Å². The van der Waals surface area contributed by atoms with Crippen LogP contribution in [0.4, 0.5) is 0 Å². The Hall–Kier alpha value is -1.38. The Bertz CT molecular complexity index is 702. The fourth-order valence-corrected chi connectivity index (χ4v) is 3.08. The van der Waals surface area contributed by atoms with Gasteiger partial charge in [0.15, 0.2) is 5.43 Å². The van der Waals surface area contributed by atoms with E-state index >= 15 is 0 Å². The van der Waals surface area contributed by atoms with E-state index in [9.17, 15) is 4.79 Å². The van der Waals surface area contributed by atoms with Crippen LogP contribution in [0.25, 0.3) is 20.5 Å². The summed E-state index contributed by atoms with van der Waals surface area (Å²) in [6.45, 7) is 0. The van der Waals surface area contributed by atoms with Gasteiger partial charge in [-0.15, -0.1) is 11.3 Å². The van der Waals surface area contributed by atoms with E-state index in [1.165, 1.54) is 6.07 Å². The minimum Gasteiger partial charge on any atom is -0.289 e. The molecule has 0 radical (unpaired) electrons. The molecule has 1 nitrogen and oxygen atoms in total. The number of hydrogen-bond acceptors (Lipinski definition) is 2. The molecular formula is C13H7ClOS. The third kappa shape index (κ3) is 1.42. The van der Waals surface area contributed by atoms with E-state index in [1.807, 2.05) is 30.3 Å². The van der Waals surface area contributed by atoms with Gasteiger partial charge in [-0.3, -0.25) is 4.79 Å². The Morgan fingerprint density at radius 3 is 2.75 bits per heavy atom. The average Bonchev–Trinajstić information content (AvgIpc) is 2.32. The average molecular weight is 247 g/mol. The molecule has 1 heterocycles. The number of halogens is 1. The summed E-state index contributed by atoms with van der Waals surface area (Å²) in [4.78, 5) is 12.6. The SMILES string of the molecule is O=c1ccc(Cl)c2sc3ccccc3cc1-2. The summed E-state index contributed by atoms with van der Waals surface area (Å²) in [5, 5.41) is 1.73. The van der Waals surface area contributed by atoms with Crippen molar-refractivity contribution in [2.24, 2.45) is 0 Å². The molecular weight excluding hydrogens is 240 g/mol. The Kier molecular flexibility index (Phi) is 2.20. The summed E-state index contributed by atoms with van der Waals surface area (Å²) in [5.74, 6) is 0. The maximum Gasteiger partial charge on any atom is 0.187 e. The van der Waals surface area contributed by atoms with Crippen LogP contribution in [0.2, 0.25) is 5.02 Å². The number of rotatable bonds is 0. The molecule has 16 heavy (non-hydrogen) atoms. The fraction of sp³-hybridized carbons (Fsp3) is 0. The van der Waals surface area contributed by atoms with Crippen molar-refractivity contribution >= 4 is 33.0 Å². The Morgan fingerprint density at radius 1 is 1.06 bits per heavy atom. The van der Waals surface area contributed by atoms with E-state index in [0.29, 0.717) is 10.6 Å². The van der Waals surface area contributed by atoms with Gasteiger partial charge in [0.1, 0.15) is 0 Å². The number of fused-ring (bicyclic) bond motifs is 2. The monoisotopic (exact) mass is 246 g/mol. The Morgan fingerprint density at radius 2 is 1.88 bits per heavy atom. The van der Waals surface area contributed by atoms with Gasteiger partial charge < -0.3 is 0 Å². The maximum absolute atomic E-state index is 11.7. The van der Waals surface area contributed by atoms with Gasteiger partial charge in [0.05, 0.1) is 9.90 Å². The highest BCUT2D eigenvalue weighted by Gasteiger charge is 2.11. The lowest BCUT2D eigenvalue weighted by atomic mass is 10.1. The van der Waals surface area contributed by atoms with Gasteiger partial charge in [0, 0.05) is 10.3 Å². The zero-order chi connectivity index (χ0) is 11.1. The summed E-state index contributed by atoms with van der Waals surface area (Å²) < 4.78 is 1.14. The van der Waals surface area contributed by atoms with Gasteiger partial charge in [0.2, 0.25) is 0 Å². The molecule has 0 N–H and O–H groups in total. The summed E-state index contributed by atoms with van der Waals surface area (Å²) >= 11 is 7.66. The number of benzene rings is 2. The van der Waals surface area contributed by atoms with Crippen molar-refractivity contribution in [2.75, 3.05) is 0 Å². The standard InChI is InChI=1S/C13H7ClOS/c14-10-5-6-11(15)9-7-8-3-1-2-4-12(8)16-13(9)10/h1-7H. The quantitative estimate of drug-likeness (QED) is 0.548.